The lowest BCUT2D eigenvalue weighted by atomic mass is 9.70. The Labute approximate surface area is 240 Å². The predicted octanol–water partition coefficient (Wildman–Crippen LogP) is 7.36. The number of pyridine rings is 1. The highest BCUT2D eigenvalue weighted by molar-refractivity contribution is 5.97. The monoisotopic (exact) mass is 530 g/mol. The van der Waals surface area contributed by atoms with Crippen molar-refractivity contribution in [1.29, 1.82) is 0 Å². The SMILES string of the molecule is c1cc(-c2ccc3c(c2)-c2ccccc2C32c3ccccc3-c3ccccc32)nc(N2CCCN3CCCN=C32)c1. The van der Waals surface area contributed by atoms with Crippen molar-refractivity contribution in [3.63, 3.8) is 0 Å². The van der Waals surface area contributed by atoms with Crippen molar-refractivity contribution < 1.29 is 0 Å². The fourth-order valence-electron chi connectivity index (χ4n) is 7.84. The Bertz CT molecular complexity index is 1840. The van der Waals surface area contributed by atoms with E-state index in [2.05, 4.69) is 119 Å². The van der Waals surface area contributed by atoms with Gasteiger partial charge in [0.2, 0.25) is 5.96 Å². The Kier molecular flexibility index (Phi) is 4.86. The van der Waals surface area contributed by atoms with E-state index in [1.807, 2.05) is 0 Å². The molecule has 4 aliphatic rings. The summed E-state index contributed by atoms with van der Waals surface area (Å²) in [4.78, 5) is 14.8. The van der Waals surface area contributed by atoms with E-state index in [4.69, 9.17) is 9.98 Å². The Morgan fingerprint density at radius 2 is 1.20 bits per heavy atom. The van der Waals surface area contributed by atoms with Gasteiger partial charge in [0.25, 0.3) is 0 Å². The van der Waals surface area contributed by atoms with Crippen molar-refractivity contribution in [2.24, 2.45) is 4.99 Å². The molecule has 4 aromatic carbocycles. The maximum Gasteiger partial charge on any atom is 0.202 e. The molecule has 9 rings (SSSR count). The summed E-state index contributed by atoms with van der Waals surface area (Å²) in [5, 5.41) is 0. The summed E-state index contributed by atoms with van der Waals surface area (Å²) in [5.74, 6) is 2.08. The first kappa shape index (κ1) is 23.0. The maximum atomic E-state index is 5.22. The van der Waals surface area contributed by atoms with Crippen LogP contribution in [0.3, 0.4) is 0 Å². The Morgan fingerprint density at radius 3 is 1.93 bits per heavy atom. The van der Waals surface area contributed by atoms with Gasteiger partial charge in [0.15, 0.2) is 0 Å². The molecule has 4 nitrogen and oxygen atoms in total. The minimum atomic E-state index is -0.302. The van der Waals surface area contributed by atoms with Gasteiger partial charge in [0, 0.05) is 31.7 Å². The van der Waals surface area contributed by atoms with Crippen molar-refractivity contribution in [2.75, 3.05) is 31.1 Å². The number of fused-ring (bicyclic) bond motifs is 11. The fourth-order valence-corrected chi connectivity index (χ4v) is 7.84. The van der Waals surface area contributed by atoms with Crippen LogP contribution in [0.4, 0.5) is 5.82 Å². The van der Waals surface area contributed by atoms with Crippen LogP contribution in [0.1, 0.15) is 35.1 Å². The molecule has 1 fully saturated rings. The average molecular weight is 531 g/mol. The Morgan fingerprint density at radius 1 is 0.561 bits per heavy atom. The van der Waals surface area contributed by atoms with Gasteiger partial charge in [-0.05, 0) is 75.5 Å². The molecule has 1 spiro atoms. The van der Waals surface area contributed by atoms with Crippen molar-refractivity contribution in [3.05, 3.63) is 131 Å². The van der Waals surface area contributed by atoms with E-state index in [1.165, 1.54) is 44.5 Å². The normalized spacial score (nSPS) is 17.4. The van der Waals surface area contributed by atoms with E-state index in [9.17, 15) is 0 Å². The third-order valence-electron chi connectivity index (χ3n) is 9.48. The molecule has 0 saturated carbocycles. The van der Waals surface area contributed by atoms with Gasteiger partial charge < -0.3 is 4.90 Å². The van der Waals surface area contributed by atoms with Crippen molar-refractivity contribution >= 4 is 11.8 Å². The number of aromatic nitrogens is 1. The lowest BCUT2D eigenvalue weighted by Gasteiger charge is -2.40. The largest absolute Gasteiger partial charge is 0.342 e. The summed E-state index contributed by atoms with van der Waals surface area (Å²) < 4.78 is 0. The highest BCUT2D eigenvalue weighted by atomic mass is 15.4. The molecule has 0 amide bonds. The summed E-state index contributed by atoms with van der Waals surface area (Å²) >= 11 is 0. The first-order valence-corrected chi connectivity index (χ1v) is 14.8. The zero-order valence-electron chi connectivity index (χ0n) is 22.9. The first-order valence-electron chi connectivity index (χ1n) is 14.8. The number of anilines is 1. The third-order valence-corrected chi connectivity index (χ3v) is 9.48. The van der Waals surface area contributed by atoms with Crippen molar-refractivity contribution in [1.82, 2.24) is 9.88 Å². The first-order chi connectivity index (χ1) is 20.3. The van der Waals surface area contributed by atoms with E-state index >= 15 is 0 Å². The minimum Gasteiger partial charge on any atom is -0.342 e. The molecule has 0 radical (unpaired) electrons. The number of hydrogen-bond donors (Lipinski definition) is 0. The van der Waals surface area contributed by atoms with Crippen molar-refractivity contribution in [3.8, 4) is 33.5 Å². The van der Waals surface area contributed by atoms with Gasteiger partial charge in [0.05, 0.1) is 11.1 Å². The molecular formula is C37H30N4. The zero-order valence-corrected chi connectivity index (χ0v) is 22.9. The van der Waals surface area contributed by atoms with Crippen LogP contribution in [0.2, 0.25) is 0 Å². The van der Waals surface area contributed by atoms with Crippen molar-refractivity contribution in [2.45, 2.75) is 18.3 Å². The summed E-state index contributed by atoms with van der Waals surface area (Å²) in [6.45, 7) is 4.05. The summed E-state index contributed by atoms with van der Waals surface area (Å²) in [5.41, 5.74) is 12.6. The lowest BCUT2D eigenvalue weighted by Crippen LogP contribution is -2.52. The van der Waals surface area contributed by atoms with Gasteiger partial charge in [-0.1, -0.05) is 91.0 Å². The van der Waals surface area contributed by atoms with Gasteiger partial charge in [0.1, 0.15) is 5.82 Å². The standard InChI is InChI=1S/C37H30N4/c1-4-13-30-26(10-1)27-11-2-5-14-31(27)37(30)32-15-6-3-12-28(32)29-24-25(18-19-33(29)37)34-16-7-17-35(39-34)41-23-9-22-40-21-8-20-38-36(40)41/h1-7,10-19,24H,8-9,20-23H2. The fraction of sp³-hybridized carbons (Fsp3) is 0.189. The van der Waals surface area contributed by atoms with Crippen LogP contribution in [0, 0.1) is 0 Å². The van der Waals surface area contributed by atoms with Gasteiger partial charge in [-0.3, -0.25) is 9.89 Å². The molecular weight excluding hydrogens is 500 g/mol. The van der Waals surface area contributed by atoms with Crippen LogP contribution in [0.15, 0.2) is 114 Å². The van der Waals surface area contributed by atoms with Crippen LogP contribution < -0.4 is 4.90 Å². The molecule has 3 heterocycles. The number of hydrogen-bond acceptors (Lipinski definition) is 4. The number of rotatable bonds is 2. The predicted molar refractivity (Wildman–Crippen MR) is 166 cm³/mol. The molecule has 41 heavy (non-hydrogen) atoms. The van der Waals surface area contributed by atoms with Crippen LogP contribution in [-0.2, 0) is 5.41 Å². The molecule has 1 aromatic heterocycles. The minimum absolute atomic E-state index is 0.302. The number of benzene rings is 4. The number of aliphatic imine (C=N–C) groups is 1. The second-order valence-corrected chi connectivity index (χ2v) is 11.6. The lowest BCUT2D eigenvalue weighted by molar-refractivity contribution is 0.359. The number of guanidine groups is 1. The Hall–Kier alpha value is -4.70. The van der Waals surface area contributed by atoms with Gasteiger partial charge >= 0.3 is 0 Å². The van der Waals surface area contributed by atoms with Crippen LogP contribution >= 0.6 is 0 Å². The molecule has 4 heteroatoms. The molecule has 0 N–H and O–H groups in total. The van der Waals surface area contributed by atoms with Gasteiger partial charge in [-0.2, -0.15) is 0 Å². The topological polar surface area (TPSA) is 31.7 Å². The number of nitrogens with zero attached hydrogens (tertiary/aromatic N) is 4. The summed E-state index contributed by atoms with van der Waals surface area (Å²) in [6, 6.07) is 40.4. The second kappa shape index (κ2) is 8.65. The van der Waals surface area contributed by atoms with E-state index in [0.717, 1.165) is 62.1 Å². The van der Waals surface area contributed by atoms with E-state index in [-0.39, 0.29) is 5.41 Å². The maximum absolute atomic E-state index is 5.22. The molecule has 2 aliphatic carbocycles. The highest BCUT2D eigenvalue weighted by Gasteiger charge is 2.51. The Balaban J connectivity index is 1.21. The van der Waals surface area contributed by atoms with E-state index < -0.39 is 0 Å². The van der Waals surface area contributed by atoms with Gasteiger partial charge in [-0.25, -0.2) is 4.98 Å². The molecule has 5 aromatic rings. The molecule has 0 bridgehead atoms. The molecule has 1 saturated heterocycles. The summed E-state index contributed by atoms with van der Waals surface area (Å²) in [7, 11) is 0. The molecule has 198 valence electrons. The molecule has 2 aliphatic heterocycles. The molecule has 0 unspecified atom stereocenters. The molecule has 0 atom stereocenters. The van der Waals surface area contributed by atoms with Crippen LogP contribution in [-0.4, -0.2) is 42.0 Å². The third kappa shape index (κ3) is 3.10. The second-order valence-electron chi connectivity index (χ2n) is 11.6. The van der Waals surface area contributed by atoms with E-state index in [1.54, 1.807) is 0 Å². The van der Waals surface area contributed by atoms with Gasteiger partial charge in [-0.15, -0.1) is 0 Å². The zero-order chi connectivity index (χ0) is 27.0. The van der Waals surface area contributed by atoms with E-state index in [0.29, 0.717) is 0 Å². The van der Waals surface area contributed by atoms with Crippen LogP contribution in [0.25, 0.3) is 33.5 Å². The quantitative estimate of drug-likeness (QED) is 0.234. The average Bonchev–Trinajstić information content (AvgIpc) is 3.52. The highest BCUT2D eigenvalue weighted by Crippen LogP contribution is 2.62. The summed E-state index contributed by atoms with van der Waals surface area (Å²) in [6.07, 6.45) is 2.27. The van der Waals surface area contributed by atoms with Crippen LogP contribution in [0.5, 0.6) is 0 Å². The smallest absolute Gasteiger partial charge is 0.202 e.